The number of rotatable bonds is 2. The molecule has 0 radical (unpaired) electrons. The van der Waals surface area contributed by atoms with Crippen LogP contribution in [0.15, 0.2) is 24.4 Å². The molecule has 5 heteroatoms. The van der Waals surface area contributed by atoms with Crippen LogP contribution in [0.3, 0.4) is 0 Å². The van der Waals surface area contributed by atoms with Crippen LogP contribution in [-0.2, 0) is 12.8 Å². The van der Waals surface area contributed by atoms with Gasteiger partial charge in [-0.25, -0.2) is 14.4 Å². The molecule has 0 saturated carbocycles. The Bertz CT molecular complexity index is 660. The number of halogens is 2. The molecule has 110 valence electrons. The van der Waals surface area contributed by atoms with Crippen molar-refractivity contribution in [1.82, 2.24) is 9.97 Å². The maximum atomic E-state index is 13.9. The van der Waals surface area contributed by atoms with Gasteiger partial charge in [0.05, 0.1) is 5.02 Å². The van der Waals surface area contributed by atoms with Gasteiger partial charge in [0, 0.05) is 29.9 Å². The Balaban J connectivity index is 1.90. The largest absolute Gasteiger partial charge is 0.324 e. The third-order valence-corrected chi connectivity index (χ3v) is 4.20. The first-order chi connectivity index (χ1) is 10.1. The number of nitrogens with two attached hydrogens (primary N) is 1. The molecule has 0 amide bonds. The zero-order chi connectivity index (χ0) is 14.8. The van der Waals surface area contributed by atoms with Crippen molar-refractivity contribution in [3.05, 3.63) is 57.9 Å². The second kappa shape index (κ2) is 6.08. The number of fused-ring (bicyclic) bond motifs is 1. The molecule has 3 rings (SSSR count). The molecule has 1 aliphatic rings. The number of aromatic nitrogens is 2. The average Bonchev–Trinajstić information content (AvgIpc) is 2.66. The van der Waals surface area contributed by atoms with Gasteiger partial charge in [-0.3, -0.25) is 0 Å². The zero-order valence-corrected chi connectivity index (χ0v) is 12.4. The van der Waals surface area contributed by atoms with E-state index in [0.717, 1.165) is 36.9 Å². The van der Waals surface area contributed by atoms with Gasteiger partial charge in [-0.15, -0.1) is 0 Å². The van der Waals surface area contributed by atoms with Crippen molar-refractivity contribution in [3.8, 4) is 0 Å². The number of hydrogen-bond donors (Lipinski definition) is 1. The molecule has 3 nitrogen and oxygen atoms in total. The highest BCUT2D eigenvalue weighted by Gasteiger charge is 2.18. The molecule has 0 aliphatic heterocycles. The second-order valence-corrected chi connectivity index (χ2v) is 5.84. The van der Waals surface area contributed by atoms with E-state index in [2.05, 4.69) is 9.97 Å². The smallest absolute Gasteiger partial charge is 0.145 e. The van der Waals surface area contributed by atoms with Gasteiger partial charge in [-0.05, 0) is 30.9 Å². The predicted octanol–water partition coefficient (Wildman–Crippen LogP) is 3.59. The van der Waals surface area contributed by atoms with Crippen LogP contribution in [0, 0.1) is 5.82 Å². The number of hydrogen-bond acceptors (Lipinski definition) is 3. The first-order valence-electron chi connectivity index (χ1n) is 7.18. The summed E-state index contributed by atoms with van der Waals surface area (Å²) in [6.07, 6.45) is 6.22. The standard InChI is InChI=1S/C16H17ClFN3/c17-12-5-3-4-10(16(12)18)8-15-20-9-11-13(19)6-1-2-7-14(11)21-15/h3-5,9,13H,1-2,6-8,19H2. The summed E-state index contributed by atoms with van der Waals surface area (Å²) in [4.78, 5) is 8.94. The Morgan fingerprint density at radius 1 is 1.33 bits per heavy atom. The Kier molecular flexibility index (Phi) is 4.17. The molecule has 1 aromatic heterocycles. The molecule has 1 aliphatic carbocycles. The van der Waals surface area contributed by atoms with Crippen LogP contribution in [0.25, 0.3) is 0 Å². The molecule has 2 aromatic rings. The zero-order valence-electron chi connectivity index (χ0n) is 11.6. The summed E-state index contributed by atoms with van der Waals surface area (Å²) >= 11 is 5.80. The molecule has 0 fully saturated rings. The maximum absolute atomic E-state index is 13.9. The summed E-state index contributed by atoms with van der Waals surface area (Å²) in [7, 11) is 0. The Morgan fingerprint density at radius 3 is 3.05 bits per heavy atom. The Labute approximate surface area is 128 Å². The summed E-state index contributed by atoms with van der Waals surface area (Å²) < 4.78 is 13.9. The van der Waals surface area contributed by atoms with Crippen LogP contribution in [0.1, 0.15) is 47.9 Å². The van der Waals surface area contributed by atoms with Crippen molar-refractivity contribution in [3.63, 3.8) is 0 Å². The van der Waals surface area contributed by atoms with Crippen molar-refractivity contribution in [2.24, 2.45) is 5.73 Å². The quantitative estimate of drug-likeness (QED) is 0.863. The minimum Gasteiger partial charge on any atom is -0.324 e. The van der Waals surface area contributed by atoms with Gasteiger partial charge < -0.3 is 5.73 Å². The van der Waals surface area contributed by atoms with Gasteiger partial charge in [0.15, 0.2) is 0 Å². The van der Waals surface area contributed by atoms with Crippen LogP contribution in [0.2, 0.25) is 5.02 Å². The van der Waals surface area contributed by atoms with Gasteiger partial charge in [-0.2, -0.15) is 0 Å². The molecular weight excluding hydrogens is 289 g/mol. The van der Waals surface area contributed by atoms with Crippen molar-refractivity contribution in [1.29, 1.82) is 0 Å². The highest BCUT2D eigenvalue weighted by atomic mass is 35.5. The van der Waals surface area contributed by atoms with Crippen LogP contribution < -0.4 is 5.73 Å². The summed E-state index contributed by atoms with van der Waals surface area (Å²) in [6, 6.07) is 5.00. The lowest BCUT2D eigenvalue weighted by Crippen LogP contribution is -2.13. The van der Waals surface area contributed by atoms with E-state index in [-0.39, 0.29) is 11.1 Å². The molecular formula is C16H17ClFN3. The van der Waals surface area contributed by atoms with Gasteiger partial charge in [-0.1, -0.05) is 30.2 Å². The van der Waals surface area contributed by atoms with Crippen molar-refractivity contribution in [2.45, 2.75) is 38.1 Å². The van der Waals surface area contributed by atoms with Crippen LogP contribution in [0.4, 0.5) is 4.39 Å². The van der Waals surface area contributed by atoms with E-state index in [1.165, 1.54) is 6.07 Å². The normalized spacial score (nSPS) is 18.1. The Morgan fingerprint density at radius 2 is 2.19 bits per heavy atom. The summed E-state index contributed by atoms with van der Waals surface area (Å²) in [5.41, 5.74) is 8.69. The van der Waals surface area contributed by atoms with Crippen LogP contribution >= 0.6 is 11.6 Å². The fraction of sp³-hybridized carbons (Fsp3) is 0.375. The average molecular weight is 306 g/mol. The van der Waals surface area contributed by atoms with E-state index in [1.54, 1.807) is 18.3 Å². The SMILES string of the molecule is NC1CCCCc2nc(Cc3cccc(Cl)c3F)ncc21. The van der Waals surface area contributed by atoms with E-state index in [4.69, 9.17) is 17.3 Å². The number of benzene rings is 1. The van der Waals surface area contributed by atoms with Gasteiger partial charge >= 0.3 is 0 Å². The summed E-state index contributed by atoms with van der Waals surface area (Å²) in [5, 5.41) is 0.129. The van der Waals surface area contributed by atoms with Gasteiger partial charge in [0.25, 0.3) is 0 Å². The molecule has 1 heterocycles. The lowest BCUT2D eigenvalue weighted by atomic mass is 10.1. The first-order valence-corrected chi connectivity index (χ1v) is 7.56. The first kappa shape index (κ1) is 14.4. The highest BCUT2D eigenvalue weighted by molar-refractivity contribution is 6.30. The molecule has 21 heavy (non-hydrogen) atoms. The maximum Gasteiger partial charge on any atom is 0.145 e. The molecule has 0 saturated heterocycles. The molecule has 1 atom stereocenters. The van der Waals surface area contributed by atoms with Crippen LogP contribution in [-0.4, -0.2) is 9.97 Å². The molecule has 0 spiro atoms. The lowest BCUT2D eigenvalue weighted by Gasteiger charge is -2.12. The van der Waals surface area contributed by atoms with E-state index in [1.807, 2.05) is 0 Å². The predicted molar refractivity (Wildman–Crippen MR) is 80.7 cm³/mol. The number of nitrogens with zero attached hydrogens (tertiary/aromatic N) is 2. The van der Waals surface area contributed by atoms with Crippen molar-refractivity contribution >= 4 is 11.6 Å². The lowest BCUT2D eigenvalue weighted by molar-refractivity contribution is 0.610. The Hall–Kier alpha value is -1.52. The van der Waals surface area contributed by atoms with Crippen LogP contribution in [0.5, 0.6) is 0 Å². The van der Waals surface area contributed by atoms with E-state index < -0.39 is 5.82 Å². The molecule has 0 bridgehead atoms. The van der Waals surface area contributed by atoms with Crippen molar-refractivity contribution < 1.29 is 4.39 Å². The van der Waals surface area contributed by atoms with Crippen molar-refractivity contribution in [2.75, 3.05) is 0 Å². The van der Waals surface area contributed by atoms with E-state index >= 15 is 0 Å². The minimum absolute atomic E-state index is 0.0134. The second-order valence-electron chi connectivity index (χ2n) is 5.43. The monoisotopic (exact) mass is 305 g/mol. The van der Waals surface area contributed by atoms with E-state index in [9.17, 15) is 4.39 Å². The fourth-order valence-electron chi connectivity index (χ4n) is 2.73. The third kappa shape index (κ3) is 3.06. The minimum atomic E-state index is -0.394. The topological polar surface area (TPSA) is 51.8 Å². The molecule has 1 unspecified atom stereocenters. The molecule has 1 aromatic carbocycles. The highest BCUT2D eigenvalue weighted by Crippen LogP contribution is 2.26. The van der Waals surface area contributed by atoms with Gasteiger partial charge in [0.1, 0.15) is 11.6 Å². The third-order valence-electron chi connectivity index (χ3n) is 3.91. The van der Waals surface area contributed by atoms with Gasteiger partial charge in [0.2, 0.25) is 0 Å². The summed E-state index contributed by atoms with van der Waals surface area (Å²) in [5.74, 6) is 0.221. The van der Waals surface area contributed by atoms with E-state index in [0.29, 0.717) is 17.8 Å². The number of aryl methyl sites for hydroxylation is 1. The summed E-state index contributed by atoms with van der Waals surface area (Å²) in [6.45, 7) is 0. The molecule has 2 N–H and O–H groups in total. The fourth-order valence-corrected chi connectivity index (χ4v) is 2.92.